The molecule has 1 aliphatic rings. The van der Waals surface area contributed by atoms with Gasteiger partial charge in [0.2, 0.25) is 0 Å². The van der Waals surface area contributed by atoms with E-state index in [0.717, 1.165) is 5.69 Å². The summed E-state index contributed by atoms with van der Waals surface area (Å²) in [6, 6.07) is 0.576. The molecular formula is C12H19N3O2. The van der Waals surface area contributed by atoms with Crippen LogP contribution in [0.25, 0.3) is 0 Å². The summed E-state index contributed by atoms with van der Waals surface area (Å²) in [6.07, 6.45) is 6.60. The maximum Gasteiger partial charge on any atom is 0.323 e. The Kier molecular flexibility index (Phi) is 3.19. The third kappa shape index (κ3) is 2.49. The second-order valence-electron chi connectivity index (χ2n) is 4.87. The number of nitrogens with one attached hydrogen (secondary N) is 1. The van der Waals surface area contributed by atoms with Gasteiger partial charge in [-0.1, -0.05) is 6.92 Å². The molecule has 1 heterocycles. The average Bonchev–Trinajstić information content (AvgIpc) is 3.05. The first-order valence-electron chi connectivity index (χ1n) is 6.06. The fourth-order valence-electron chi connectivity index (χ4n) is 1.79. The molecule has 0 aliphatic heterocycles. The normalized spacial score (nSPS) is 18.9. The van der Waals surface area contributed by atoms with Crippen molar-refractivity contribution < 1.29 is 9.90 Å². The first kappa shape index (κ1) is 12.1. The highest BCUT2D eigenvalue weighted by Gasteiger charge is 2.31. The van der Waals surface area contributed by atoms with E-state index in [9.17, 15) is 4.79 Å². The summed E-state index contributed by atoms with van der Waals surface area (Å²) in [5.74, 6) is -0.808. The molecule has 94 valence electrons. The van der Waals surface area contributed by atoms with Gasteiger partial charge in [-0.2, -0.15) is 0 Å². The Morgan fingerprint density at radius 1 is 1.71 bits per heavy atom. The first-order valence-corrected chi connectivity index (χ1v) is 6.06. The Hall–Kier alpha value is -1.36. The summed E-state index contributed by atoms with van der Waals surface area (Å²) in [4.78, 5) is 15.3. The van der Waals surface area contributed by atoms with Crippen LogP contribution in [0.1, 0.15) is 44.8 Å². The van der Waals surface area contributed by atoms with Gasteiger partial charge in [-0.25, -0.2) is 4.98 Å². The van der Waals surface area contributed by atoms with Crippen molar-refractivity contribution in [1.29, 1.82) is 0 Å². The molecule has 1 saturated carbocycles. The predicted molar refractivity (Wildman–Crippen MR) is 63.7 cm³/mol. The molecule has 0 spiro atoms. The lowest BCUT2D eigenvalue weighted by Gasteiger charge is -2.24. The number of carboxylic acid groups (broad SMARTS) is 1. The highest BCUT2D eigenvalue weighted by atomic mass is 16.4. The second-order valence-corrected chi connectivity index (χ2v) is 4.87. The van der Waals surface area contributed by atoms with Crippen molar-refractivity contribution in [2.45, 2.75) is 51.2 Å². The van der Waals surface area contributed by atoms with Crippen LogP contribution in [-0.4, -0.2) is 26.2 Å². The first-order chi connectivity index (χ1) is 8.07. The third-order valence-electron chi connectivity index (χ3n) is 3.53. The van der Waals surface area contributed by atoms with E-state index in [4.69, 9.17) is 5.11 Å². The molecule has 5 heteroatoms. The Balaban J connectivity index is 2.01. The number of nitrogens with zero attached hydrogens (tertiary/aromatic N) is 2. The van der Waals surface area contributed by atoms with Crippen LogP contribution in [-0.2, 0) is 11.3 Å². The monoisotopic (exact) mass is 237 g/mol. The van der Waals surface area contributed by atoms with Crippen molar-refractivity contribution in [3.63, 3.8) is 0 Å². The van der Waals surface area contributed by atoms with E-state index in [-0.39, 0.29) is 0 Å². The summed E-state index contributed by atoms with van der Waals surface area (Å²) in [5, 5.41) is 12.3. The minimum atomic E-state index is -0.862. The molecule has 1 aliphatic carbocycles. The molecule has 1 unspecified atom stereocenters. The number of carboxylic acids is 1. The second kappa shape index (κ2) is 4.49. The number of aliphatic carboxylic acids is 1. The smallest absolute Gasteiger partial charge is 0.323 e. The maximum atomic E-state index is 11.2. The molecule has 0 amide bonds. The van der Waals surface area contributed by atoms with Crippen LogP contribution < -0.4 is 5.32 Å². The molecule has 17 heavy (non-hydrogen) atoms. The van der Waals surface area contributed by atoms with Gasteiger partial charge in [0.1, 0.15) is 5.54 Å². The topological polar surface area (TPSA) is 67.2 Å². The zero-order valence-electron chi connectivity index (χ0n) is 10.3. The molecule has 1 aromatic rings. The molecule has 1 fully saturated rings. The minimum absolute atomic E-state index is 0.549. The molecule has 0 radical (unpaired) electrons. The number of carbonyl (C=O) groups is 1. The largest absolute Gasteiger partial charge is 0.480 e. The van der Waals surface area contributed by atoms with E-state index < -0.39 is 11.5 Å². The molecule has 5 nitrogen and oxygen atoms in total. The number of rotatable bonds is 6. The van der Waals surface area contributed by atoms with Crippen LogP contribution in [0.15, 0.2) is 12.5 Å². The Morgan fingerprint density at radius 3 is 2.94 bits per heavy atom. The van der Waals surface area contributed by atoms with Crippen molar-refractivity contribution in [3.05, 3.63) is 18.2 Å². The molecular weight excluding hydrogens is 218 g/mol. The van der Waals surface area contributed by atoms with E-state index in [2.05, 4.69) is 14.9 Å². The molecule has 2 rings (SSSR count). The molecule has 0 bridgehead atoms. The van der Waals surface area contributed by atoms with Crippen LogP contribution in [0.2, 0.25) is 0 Å². The standard InChI is InChI=1S/C12H19N3O2/c1-3-12(2,11(16)17)14-7-10-6-13-8-15(10)9-4-5-9/h6,8-9,14H,3-5,7H2,1-2H3,(H,16,17). The number of aromatic nitrogens is 2. The van der Waals surface area contributed by atoms with Crippen molar-refractivity contribution in [3.8, 4) is 0 Å². The SMILES string of the molecule is CCC(C)(NCc1cncn1C1CC1)C(=O)O. The molecule has 0 aromatic carbocycles. The quantitative estimate of drug-likeness (QED) is 0.788. The van der Waals surface area contributed by atoms with Crippen molar-refractivity contribution in [2.24, 2.45) is 0 Å². The zero-order chi connectivity index (χ0) is 12.5. The molecule has 2 N–H and O–H groups in total. The maximum absolute atomic E-state index is 11.2. The summed E-state index contributed by atoms with van der Waals surface area (Å²) in [5.41, 5.74) is 0.201. The summed E-state index contributed by atoms with van der Waals surface area (Å²) in [6.45, 7) is 4.14. The van der Waals surface area contributed by atoms with Gasteiger partial charge in [0.25, 0.3) is 0 Å². The number of hydrogen-bond donors (Lipinski definition) is 2. The van der Waals surface area contributed by atoms with Crippen LogP contribution in [0.3, 0.4) is 0 Å². The lowest BCUT2D eigenvalue weighted by Crippen LogP contribution is -2.48. The van der Waals surface area contributed by atoms with E-state index >= 15 is 0 Å². The van der Waals surface area contributed by atoms with Crippen LogP contribution in [0, 0.1) is 0 Å². The van der Waals surface area contributed by atoms with Gasteiger partial charge in [-0.15, -0.1) is 0 Å². The van der Waals surface area contributed by atoms with E-state index in [1.807, 2.05) is 19.4 Å². The van der Waals surface area contributed by atoms with Gasteiger partial charge in [-0.3, -0.25) is 10.1 Å². The summed E-state index contributed by atoms with van der Waals surface area (Å²) < 4.78 is 2.14. The van der Waals surface area contributed by atoms with Gasteiger partial charge in [-0.05, 0) is 26.2 Å². The van der Waals surface area contributed by atoms with Gasteiger partial charge < -0.3 is 9.67 Å². The lowest BCUT2D eigenvalue weighted by atomic mass is 9.99. The van der Waals surface area contributed by atoms with Crippen LogP contribution in [0.5, 0.6) is 0 Å². The number of hydrogen-bond acceptors (Lipinski definition) is 3. The Bertz CT molecular complexity index is 412. The number of imidazole rings is 1. The van der Waals surface area contributed by atoms with Gasteiger partial charge in [0.05, 0.1) is 12.0 Å². The van der Waals surface area contributed by atoms with Crippen molar-refractivity contribution in [2.75, 3.05) is 0 Å². The third-order valence-corrected chi connectivity index (χ3v) is 3.53. The fourth-order valence-corrected chi connectivity index (χ4v) is 1.79. The lowest BCUT2D eigenvalue weighted by molar-refractivity contribution is -0.144. The van der Waals surface area contributed by atoms with E-state index in [1.54, 1.807) is 6.92 Å². The predicted octanol–water partition coefficient (Wildman–Crippen LogP) is 1.56. The van der Waals surface area contributed by atoms with E-state index in [0.29, 0.717) is 19.0 Å². The highest BCUT2D eigenvalue weighted by molar-refractivity contribution is 5.78. The van der Waals surface area contributed by atoms with Crippen molar-refractivity contribution in [1.82, 2.24) is 14.9 Å². The Morgan fingerprint density at radius 2 is 2.41 bits per heavy atom. The fraction of sp³-hybridized carbons (Fsp3) is 0.667. The van der Waals surface area contributed by atoms with Gasteiger partial charge in [0.15, 0.2) is 0 Å². The Labute approximate surface area is 101 Å². The van der Waals surface area contributed by atoms with Gasteiger partial charge >= 0.3 is 5.97 Å². The zero-order valence-corrected chi connectivity index (χ0v) is 10.3. The molecule has 1 aromatic heterocycles. The van der Waals surface area contributed by atoms with E-state index in [1.165, 1.54) is 12.8 Å². The molecule has 1 atom stereocenters. The molecule has 0 saturated heterocycles. The summed E-state index contributed by atoms with van der Waals surface area (Å²) in [7, 11) is 0. The van der Waals surface area contributed by atoms with Gasteiger partial charge in [0, 0.05) is 18.8 Å². The van der Waals surface area contributed by atoms with Crippen LogP contribution in [0.4, 0.5) is 0 Å². The average molecular weight is 237 g/mol. The minimum Gasteiger partial charge on any atom is -0.480 e. The van der Waals surface area contributed by atoms with Crippen LogP contribution >= 0.6 is 0 Å². The van der Waals surface area contributed by atoms with Crippen molar-refractivity contribution >= 4 is 5.97 Å². The highest BCUT2D eigenvalue weighted by Crippen LogP contribution is 2.35. The summed E-state index contributed by atoms with van der Waals surface area (Å²) >= 11 is 0.